The van der Waals surface area contributed by atoms with Crippen LogP contribution in [0.15, 0.2) is 11.6 Å². The smallest absolute Gasteiger partial charge is 0.331 e. The van der Waals surface area contributed by atoms with E-state index in [1.807, 2.05) is 0 Å². The Morgan fingerprint density at radius 3 is 2.57 bits per heavy atom. The molecule has 0 radical (unpaired) electrons. The molecule has 5 aliphatic rings. The molecule has 0 spiro atoms. The van der Waals surface area contributed by atoms with Crippen LogP contribution in [0.2, 0.25) is 0 Å². The molecule has 5 heteroatoms. The average Bonchev–Trinajstić information content (AvgIpc) is 3.17. The predicted octanol–water partition coefficient (Wildman–Crippen LogP) is 2.78. The van der Waals surface area contributed by atoms with Gasteiger partial charge in [0.2, 0.25) is 0 Å². The monoisotopic (exact) mass is 388 g/mol. The maximum atomic E-state index is 13.1. The van der Waals surface area contributed by atoms with Crippen molar-refractivity contribution in [3.63, 3.8) is 0 Å². The van der Waals surface area contributed by atoms with Crippen LogP contribution in [0.5, 0.6) is 0 Å². The predicted molar refractivity (Wildman–Crippen MR) is 102 cm³/mol. The van der Waals surface area contributed by atoms with Crippen molar-refractivity contribution in [3.8, 4) is 0 Å². The Hall–Kier alpha value is -1.20. The Bertz CT molecular complexity index is 758. The van der Waals surface area contributed by atoms with Gasteiger partial charge >= 0.3 is 5.97 Å². The van der Waals surface area contributed by atoms with Gasteiger partial charge in [-0.05, 0) is 74.2 Å². The number of hydrogen-bond donors (Lipinski definition) is 2. The number of aliphatic hydroxyl groups excluding tert-OH is 1. The summed E-state index contributed by atoms with van der Waals surface area (Å²) in [6, 6.07) is 0. The topological polar surface area (TPSA) is 83.8 Å². The summed E-state index contributed by atoms with van der Waals surface area (Å²) in [6.07, 6.45) is 7.39. The van der Waals surface area contributed by atoms with Crippen molar-refractivity contribution in [1.29, 1.82) is 0 Å². The summed E-state index contributed by atoms with van der Waals surface area (Å²) in [6.45, 7) is 4.68. The van der Waals surface area contributed by atoms with Gasteiger partial charge in [-0.3, -0.25) is 4.79 Å². The van der Waals surface area contributed by atoms with Crippen LogP contribution in [-0.2, 0) is 14.3 Å². The molecule has 0 saturated heterocycles. The number of fused-ring (bicyclic) bond motifs is 5. The first-order valence-corrected chi connectivity index (χ1v) is 11.0. The van der Waals surface area contributed by atoms with E-state index in [0.717, 1.165) is 50.5 Å². The van der Waals surface area contributed by atoms with Crippen LogP contribution in [-0.4, -0.2) is 40.3 Å². The van der Waals surface area contributed by atoms with Crippen LogP contribution in [0.1, 0.15) is 65.2 Å². The summed E-state index contributed by atoms with van der Waals surface area (Å²) in [5.41, 5.74) is -0.437. The number of carbonyl (C=O) groups is 2. The van der Waals surface area contributed by atoms with Crippen molar-refractivity contribution >= 4 is 11.8 Å². The minimum Gasteiger partial charge on any atom is -0.458 e. The average molecular weight is 389 g/mol. The third-order valence-corrected chi connectivity index (χ3v) is 9.80. The van der Waals surface area contributed by atoms with E-state index >= 15 is 0 Å². The first kappa shape index (κ1) is 18.8. The number of ketones is 1. The number of cyclic esters (lactones) is 1. The maximum Gasteiger partial charge on any atom is 0.331 e. The van der Waals surface area contributed by atoms with E-state index in [4.69, 9.17) is 4.74 Å². The second-order valence-electron chi connectivity index (χ2n) is 10.6. The van der Waals surface area contributed by atoms with E-state index in [1.165, 1.54) is 0 Å². The van der Waals surface area contributed by atoms with Gasteiger partial charge in [0.15, 0.2) is 0 Å². The summed E-state index contributed by atoms with van der Waals surface area (Å²) in [4.78, 5) is 24.7. The number of rotatable bonds is 1. The van der Waals surface area contributed by atoms with E-state index in [1.54, 1.807) is 6.08 Å². The van der Waals surface area contributed by atoms with Crippen LogP contribution in [0.3, 0.4) is 0 Å². The molecule has 1 aliphatic heterocycles. The van der Waals surface area contributed by atoms with Crippen molar-refractivity contribution in [2.45, 2.75) is 76.9 Å². The molecule has 0 aromatic rings. The van der Waals surface area contributed by atoms with Crippen LogP contribution < -0.4 is 0 Å². The molecule has 28 heavy (non-hydrogen) atoms. The molecule has 4 aliphatic carbocycles. The maximum absolute atomic E-state index is 13.1. The van der Waals surface area contributed by atoms with E-state index in [9.17, 15) is 19.8 Å². The number of Topliss-reactive ketones (excluding diaryl/α,β-unsaturated/α-hetero) is 1. The lowest BCUT2D eigenvalue weighted by atomic mass is 9.43. The summed E-state index contributed by atoms with van der Waals surface area (Å²) in [7, 11) is 0. The standard InChI is InChI=1S/C23H32O5/c1-21-7-5-17-18(4-3-14-10-15(24)11-19(25)22(14,17)2)23(21,27)8-6-16(21)13-9-20(26)28-12-13/h9,14-18,24,27H,3-8,10-12H2,1-2H3/t14-,15+,16-,17+,18-,21-,22+,23+/m1/s1. The van der Waals surface area contributed by atoms with Crippen molar-refractivity contribution in [1.82, 2.24) is 0 Å². The molecule has 8 atom stereocenters. The third-order valence-electron chi connectivity index (χ3n) is 9.80. The van der Waals surface area contributed by atoms with E-state index in [0.29, 0.717) is 6.61 Å². The number of hydrogen-bond acceptors (Lipinski definition) is 5. The number of esters is 1. The zero-order valence-electron chi connectivity index (χ0n) is 16.9. The lowest BCUT2D eigenvalue weighted by Crippen LogP contribution is -2.64. The van der Waals surface area contributed by atoms with Crippen molar-refractivity contribution in [2.75, 3.05) is 6.61 Å². The normalized spacial score (nSPS) is 53.1. The molecule has 2 N–H and O–H groups in total. The van der Waals surface area contributed by atoms with E-state index < -0.39 is 17.1 Å². The molecule has 0 aromatic carbocycles. The van der Waals surface area contributed by atoms with Gasteiger partial charge in [0.05, 0.1) is 11.7 Å². The Morgan fingerprint density at radius 1 is 1.07 bits per heavy atom. The lowest BCUT2D eigenvalue weighted by molar-refractivity contribution is -0.206. The van der Waals surface area contributed by atoms with Gasteiger partial charge in [0.1, 0.15) is 12.4 Å². The fourth-order valence-corrected chi connectivity index (χ4v) is 8.23. The SMILES string of the molecule is C[C@]12C(=O)C[C@@H](O)C[C@H]1CC[C@@H]1[C@@H]2CC[C@]2(C)[C@@H](C3=CC(=O)OC3)CC[C@]12O. The van der Waals surface area contributed by atoms with Gasteiger partial charge in [0.25, 0.3) is 0 Å². The zero-order valence-corrected chi connectivity index (χ0v) is 16.9. The van der Waals surface area contributed by atoms with Crippen molar-refractivity contribution in [2.24, 2.45) is 34.5 Å². The summed E-state index contributed by atoms with van der Waals surface area (Å²) in [5, 5.41) is 22.2. The minimum atomic E-state index is -0.794. The number of ether oxygens (including phenoxy) is 1. The van der Waals surface area contributed by atoms with Gasteiger partial charge < -0.3 is 14.9 Å². The Labute approximate surface area is 166 Å². The molecular weight excluding hydrogens is 356 g/mol. The molecule has 4 saturated carbocycles. The molecule has 5 rings (SSSR count). The lowest BCUT2D eigenvalue weighted by Gasteiger charge is -2.62. The summed E-state index contributed by atoms with van der Waals surface area (Å²) >= 11 is 0. The molecule has 154 valence electrons. The molecule has 0 bridgehead atoms. The first-order valence-electron chi connectivity index (χ1n) is 11.0. The summed E-state index contributed by atoms with van der Waals surface area (Å²) in [5.74, 6) is 0.666. The quantitative estimate of drug-likeness (QED) is 0.675. The second kappa shape index (κ2) is 5.91. The highest BCUT2D eigenvalue weighted by molar-refractivity contribution is 5.87. The largest absolute Gasteiger partial charge is 0.458 e. The van der Waals surface area contributed by atoms with Gasteiger partial charge in [-0.15, -0.1) is 0 Å². The molecule has 4 fully saturated rings. The van der Waals surface area contributed by atoms with Gasteiger partial charge in [-0.2, -0.15) is 0 Å². The van der Waals surface area contributed by atoms with Gasteiger partial charge in [0, 0.05) is 23.3 Å². The van der Waals surface area contributed by atoms with Crippen molar-refractivity contribution < 1.29 is 24.5 Å². The third kappa shape index (κ3) is 2.21. The molecule has 5 nitrogen and oxygen atoms in total. The minimum absolute atomic E-state index is 0.121. The Balaban J connectivity index is 1.50. The van der Waals surface area contributed by atoms with Crippen LogP contribution in [0.25, 0.3) is 0 Å². The highest BCUT2D eigenvalue weighted by Gasteiger charge is 2.68. The molecular formula is C23H32O5. The fourth-order valence-electron chi connectivity index (χ4n) is 8.23. The molecule has 0 aromatic heterocycles. The number of carbonyl (C=O) groups excluding carboxylic acids is 2. The Morgan fingerprint density at radius 2 is 1.86 bits per heavy atom. The molecule has 0 unspecified atom stereocenters. The fraction of sp³-hybridized carbons (Fsp3) is 0.826. The summed E-state index contributed by atoms with van der Waals surface area (Å²) < 4.78 is 5.17. The van der Waals surface area contributed by atoms with Gasteiger partial charge in [-0.1, -0.05) is 13.8 Å². The first-order chi connectivity index (χ1) is 13.2. The van der Waals surface area contributed by atoms with Crippen LogP contribution in [0.4, 0.5) is 0 Å². The molecule has 0 amide bonds. The van der Waals surface area contributed by atoms with Crippen molar-refractivity contribution in [3.05, 3.63) is 11.6 Å². The number of aliphatic hydroxyl groups is 2. The van der Waals surface area contributed by atoms with Crippen LogP contribution >= 0.6 is 0 Å². The molecule has 1 heterocycles. The Kier molecular flexibility index (Phi) is 3.97. The highest BCUT2D eigenvalue weighted by atomic mass is 16.5. The van der Waals surface area contributed by atoms with Gasteiger partial charge in [-0.25, -0.2) is 4.79 Å². The van der Waals surface area contributed by atoms with E-state index in [-0.39, 0.29) is 47.3 Å². The van der Waals surface area contributed by atoms with Crippen LogP contribution in [0, 0.1) is 34.5 Å². The highest BCUT2D eigenvalue weighted by Crippen LogP contribution is 2.69. The zero-order chi connectivity index (χ0) is 19.9. The second-order valence-corrected chi connectivity index (χ2v) is 10.6. The van der Waals surface area contributed by atoms with E-state index in [2.05, 4.69) is 13.8 Å².